The van der Waals surface area contributed by atoms with Gasteiger partial charge in [0.15, 0.2) is 0 Å². The molecule has 1 saturated heterocycles. The molecule has 1 aromatic heterocycles. The first-order chi connectivity index (χ1) is 8.81. The molecule has 0 aromatic carbocycles. The van der Waals surface area contributed by atoms with Crippen molar-refractivity contribution in [2.24, 2.45) is 0 Å². The van der Waals surface area contributed by atoms with E-state index in [1.807, 2.05) is 0 Å². The average Bonchev–Trinajstić information content (AvgIpc) is 2.85. The highest BCUT2D eigenvalue weighted by Crippen LogP contribution is 2.17. The molecule has 1 aromatic rings. The largest absolute Gasteiger partial charge is 0.360 e. The summed E-state index contributed by atoms with van der Waals surface area (Å²) in [6, 6.07) is 0. The van der Waals surface area contributed by atoms with Crippen molar-refractivity contribution in [3.05, 3.63) is 5.01 Å². The second kappa shape index (κ2) is 7.01. The van der Waals surface area contributed by atoms with Gasteiger partial charge in [0.2, 0.25) is 5.13 Å². The smallest absolute Gasteiger partial charge is 0.205 e. The van der Waals surface area contributed by atoms with Gasteiger partial charge in [0.05, 0.1) is 6.54 Å². The van der Waals surface area contributed by atoms with E-state index >= 15 is 0 Å². The molecule has 0 spiro atoms. The highest BCUT2D eigenvalue weighted by Gasteiger charge is 2.17. The van der Waals surface area contributed by atoms with Crippen molar-refractivity contribution in [3.8, 4) is 0 Å². The van der Waals surface area contributed by atoms with Crippen LogP contribution in [0, 0.1) is 0 Å². The lowest BCUT2D eigenvalue weighted by atomic mass is 10.3. The minimum Gasteiger partial charge on any atom is -0.360 e. The summed E-state index contributed by atoms with van der Waals surface area (Å²) in [5.74, 6) is 0. The van der Waals surface area contributed by atoms with Gasteiger partial charge in [-0.25, -0.2) is 0 Å². The van der Waals surface area contributed by atoms with Gasteiger partial charge in [-0.15, -0.1) is 10.2 Å². The molecule has 0 atom stereocenters. The van der Waals surface area contributed by atoms with Gasteiger partial charge in [0.25, 0.3) is 0 Å². The van der Waals surface area contributed by atoms with Crippen molar-refractivity contribution in [1.29, 1.82) is 0 Å². The Hall–Kier alpha value is -0.720. The molecule has 0 radical (unpaired) electrons. The number of likely N-dealkylation sites (N-methyl/N-ethyl adjacent to an activating group) is 1. The van der Waals surface area contributed by atoms with E-state index in [0.29, 0.717) is 0 Å². The monoisotopic (exact) mass is 269 g/mol. The molecule has 5 nitrogen and oxygen atoms in total. The van der Waals surface area contributed by atoms with Gasteiger partial charge in [0, 0.05) is 32.7 Å². The quantitative estimate of drug-likeness (QED) is 0.848. The van der Waals surface area contributed by atoms with Gasteiger partial charge in [0.1, 0.15) is 5.01 Å². The molecule has 0 saturated carbocycles. The van der Waals surface area contributed by atoms with Crippen molar-refractivity contribution in [1.82, 2.24) is 20.0 Å². The van der Waals surface area contributed by atoms with Crippen LogP contribution in [0.3, 0.4) is 0 Å². The molecule has 6 heteroatoms. The first-order valence-corrected chi connectivity index (χ1v) is 7.64. The summed E-state index contributed by atoms with van der Waals surface area (Å²) in [7, 11) is 0. The molecule has 18 heavy (non-hydrogen) atoms. The third kappa shape index (κ3) is 3.90. The third-order valence-electron chi connectivity index (χ3n) is 3.26. The zero-order chi connectivity index (χ0) is 12.8. The summed E-state index contributed by atoms with van der Waals surface area (Å²) in [5.41, 5.74) is 0. The summed E-state index contributed by atoms with van der Waals surface area (Å²) in [5, 5.41) is 13.8. The molecule has 1 aliphatic heterocycles. The number of hydrogen-bond acceptors (Lipinski definition) is 6. The number of hydrogen-bond donors (Lipinski definition) is 1. The predicted molar refractivity (Wildman–Crippen MR) is 76.1 cm³/mol. The van der Waals surface area contributed by atoms with Gasteiger partial charge in [-0.05, 0) is 13.0 Å². The molecule has 0 amide bonds. The Kier molecular flexibility index (Phi) is 5.34. The van der Waals surface area contributed by atoms with Gasteiger partial charge in [-0.1, -0.05) is 25.2 Å². The normalized spacial score (nSPS) is 18.1. The van der Waals surface area contributed by atoms with E-state index in [1.54, 1.807) is 11.3 Å². The fraction of sp³-hybridized carbons (Fsp3) is 0.833. The van der Waals surface area contributed by atoms with Gasteiger partial charge in [-0.2, -0.15) is 0 Å². The lowest BCUT2D eigenvalue weighted by Gasteiger charge is -2.33. The summed E-state index contributed by atoms with van der Waals surface area (Å²) in [6.07, 6.45) is 1.12. The summed E-state index contributed by atoms with van der Waals surface area (Å²) in [4.78, 5) is 4.96. The second-order valence-corrected chi connectivity index (χ2v) is 5.70. The molecule has 1 aliphatic rings. The van der Waals surface area contributed by atoms with Crippen LogP contribution in [-0.2, 0) is 6.54 Å². The molecule has 0 bridgehead atoms. The van der Waals surface area contributed by atoms with Crippen molar-refractivity contribution in [3.63, 3.8) is 0 Å². The second-order valence-electron chi connectivity index (χ2n) is 4.64. The maximum absolute atomic E-state index is 4.25. The fourth-order valence-corrected chi connectivity index (χ4v) is 2.88. The van der Waals surface area contributed by atoms with Crippen LogP contribution in [0.15, 0.2) is 0 Å². The Morgan fingerprint density at radius 3 is 2.50 bits per heavy atom. The van der Waals surface area contributed by atoms with Crippen LogP contribution in [0.5, 0.6) is 0 Å². The molecule has 102 valence electrons. The number of nitrogens with zero attached hydrogens (tertiary/aromatic N) is 4. The maximum Gasteiger partial charge on any atom is 0.205 e. The number of anilines is 1. The molecular weight excluding hydrogens is 246 g/mol. The molecule has 2 heterocycles. The van der Waals surface area contributed by atoms with Crippen LogP contribution in [0.25, 0.3) is 0 Å². The van der Waals surface area contributed by atoms with E-state index < -0.39 is 0 Å². The Morgan fingerprint density at radius 2 is 1.83 bits per heavy atom. The first kappa shape index (κ1) is 13.7. The first-order valence-electron chi connectivity index (χ1n) is 6.82. The number of aromatic nitrogens is 2. The van der Waals surface area contributed by atoms with Crippen molar-refractivity contribution in [2.75, 3.05) is 44.6 Å². The number of nitrogens with one attached hydrogen (secondary N) is 1. The van der Waals surface area contributed by atoms with E-state index in [-0.39, 0.29) is 0 Å². The highest BCUT2D eigenvalue weighted by molar-refractivity contribution is 7.15. The molecular formula is C12H23N5S. The maximum atomic E-state index is 4.25. The fourth-order valence-electron chi connectivity index (χ4n) is 2.08. The van der Waals surface area contributed by atoms with Crippen molar-refractivity contribution < 1.29 is 0 Å². The van der Waals surface area contributed by atoms with Crippen molar-refractivity contribution in [2.45, 2.75) is 26.8 Å². The van der Waals surface area contributed by atoms with Crippen LogP contribution in [0.4, 0.5) is 5.13 Å². The summed E-state index contributed by atoms with van der Waals surface area (Å²) < 4.78 is 0. The highest BCUT2D eigenvalue weighted by atomic mass is 32.1. The van der Waals surface area contributed by atoms with Crippen LogP contribution in [-0.4, -0.2) is 59.3 Å². The van der Waals surface area contributed by atoms with Crippen molar-refractivity contribution >= 4 is 16.5 Å². The minimum atomic E-state index is 0.947. The van der Waals surface area contributed by atoms with E-state index in [9.17, 15) is 0 Å². The molecule has 1 fully saturated rings. The number of rotatable bonds is 6. The standard InChI is InChI=1S/C12H23N5S/c1-3-5-13-12-15-14-11(18-12)10-17-8-6-16(4-2)7-9-17/h3-10H2,1-2H3,(H,13,15). The molecule has 2 rings (SSSR count). The van der Waals surface area contributed by atoms with Gasteiger partial charge in [-0.3, -0.25) is 4.90 Å². The van der Waals surface area contributed by atoms with Crippen LogP contribution in [0.1, 0.15) is 25.3 Å². The van der Waals surface area contributed by atoms with E-state index in [1.165, 1.54) is 13.1 Å². The Bertz CT molecular complexity index is 346. The lowest BCUT2D eigenvalue weighted by Crippen LogP contribution is -2.45. The topological polar surface area (TPSA) is 44.3 Å². The van der Waals surface area contributed by atoms with E-state index in [2.05, 4.69) is 39.2 Å². The molecule has 1 N–H and O–H groups in total. The summed E-state index contributed by atoms with van der Waals surface area (Å²) >= 11 is 1.68. The molecule has 0 aliphatic carbocycles. The Labute approximate surface area is 113 Å². The van der Waals surface area contributed by atoms with Crippen LogP contribution < -0.4 is 5.32 Å². The van der Waals surface area contributed by atoms with Crippen LogP contribution >= 0.6 is 11.3 Å². The Morgan fingerprint density at radius 1 is 1.11 bits per heavy atom. The molecule has 0 unspecified atom stereocenters. The summed E-state index contributed by atoms with van der Waals surface area (Å²) in [6.45, 7) is 12.1. The van der Waals surface area contributed by atoms with Gasteiger partial charge < -0.3 is 10.2 Å². The minimum absolute atomic E-state index is 0.947. The number of piperazine rings is 1. The van der Waals surface area contributed by atoms with Crippen LogP contribution in [0.2, 0.25) is 0 Å². The SMILES string of the molecule is CCCNc1nnc(CN2CCN(CC)CC2)s1. The van der Waals surface area contributed by atoms with E-state index in [4.69, 9.17) is 0 Å². The van der Waals surface area contributed by atoms with E-state index in [0.717, 1.165) is 49.3 Å². The van der Waals surface area contributed by atoms with Gasteiger partial charge >= 0.3 is 0 Å². The average molecular weight is 269 g/mol. The zero-order valence-corrected chi connectivity index (χ0v) is 12.2. The predicted octanol–water partition coefficient (Wildman–Crippen LogP) is 1.50. The lowest BCUT2D eigenvalue weighted by molar-refractivity contribution is 0.131. The third-order valence-corrected chi connectivity index (χ3v) is 4.13. The zero-order valence-electron chi connectivity index (χ0n) is 11.4. The Balaban J connectivity index is 1.77.